The summed E-state index contributed by atoms with van der Waals surface area (Å²) < 4.78 is 35.0. The number of ether oxygens (including phenoxy) is 1. The Balaban J connectivity index is 1.66. The molecular weight excluding hydrogens is 448 g/mol. The van der Waals surface area contributed by atoms with Gasteiger partial charge in [-0.1, -0.05) is 49.1 Å². The summed E-state index contributed by atoms with van der Waals surface area (Å²) in [6.45, 7) is 5.17. The van der Waals surface area contributed by atoms with E-state index in [0.29, 0.717) is 18.2 Å². The fourth-order valence-electron chi connectivity index (χ4n) is 4.20. The predicted molar refractivity (Wildman–Crippen MR) is 133 cm³/mol. The lowest BCUT2D eigenvalue weighted by Crippen LogP contribution is -2.49. The van der Waals surface area contributed by atoms with Crippen LogP contribution in [0, 0.1) is 23.7 Å². The van der Waals surface area contributed by atoms with Gasteiger partial charge in [-0.25, -0.2) is 8.42 Å². The van der Waals surface area contributed by atoms with Crippen molar-refractivity contribution >= 4 is 10.0 Å². The molecule has 6 nitrogen and oxygen atoms in total. The van der Waals surface area contributed by atoms with Gasteiger partial charge in [0, 0.05) is 43.1 Å². The van der Waals surface area contributed by atoms with Gasteiger partial charge in [0.1, 0.15) is 16.7 Å². The molecule has 1 heterocycles. The zero-order valence-corrected chi connectivity index (χ0v) is 21.0. The highest BCUT2D eigenvalue weighted by Crippen LogP contribution is 2.34. The first-order chi connectivity index (χ1) is 16.3. The maximum Gasteiger partial charge on any atom is 0.247 e. The van der Waals surface area contributed by atoms with E-state index in [0.717, 1.165) is 24.9 Å². The van der Waals surface area contributed by atoms with Crippen LogP contribution in [0.2, 0.25) is 0 Å². The largest absolute Gasteiger partial charge is 0.487 e. The molecule has 0 saturated heterocycles. The number of aliphatic hydroxyl groups is 1. The Bertz CT molecular complexity index is 1150. The molecular formula is C27H34N2O4S. The maximum absolute atomic E-state index is 13.6. The van der Waals surface area contributed by atoms with Crippen molar-refractivity contribution < 1.29 is 18.3 Å². The zero-order chi connectivity index (χ0) is 24.3. The molecule has 1 saturated carbocycles. The fraction of sp³-hybridized carbons (Fsp3) is 0.481. The zero-order valence-electron chi connectivity index (χ0n) is 20.1. The maximum atomic E-state index is 13.6. The Labute approximate surface area is 203 Å². The quantitative estimate of drug-likeness (QED) is 0.640. The Hall–Kier alpha value is -2.37. The SMILES string of the molecule is C[C@H]1CN([C@@H](C)CO)S(=O)(=O)c2ccc(C#CC3CC3)cc2O[C@@H]1CN(C)Cc1ccccc1. The van der Waals surface area contributed by atoms with Crippen LogP contribution in [-0.2, 0) is 16.6 Å². The highest BCUT2D eigenvalue weighted by Gasteiger charge is 2.38. The van der Waals surface area contributed by atoms with E-state index in [2.05, 4.69) is 28.9 Å². The van der Waals surface area contributed by atoms with E-state index in [1.165, 1.54) is 9.87 Å². The Morgan fingerprint density at radius 1 is 1.21 bits per heavy atom. The highest BCUT2D eigenvalue weighted by atomic mass is 32.2. The van der Waals surface area contributed by atoms with E-state index in [9.17, 15) is 13.5 Å². The minimum absolute atomic E-state index is 0.0867. The summed E-state index contributed by atoms with van der Waals surface area (Å²) in [5, 5.41) is 9.80. The molecule has 0 unspecified atom stereocenters. The molecule has 2 aromatic carbocycles. The summed E-state index contributed by atoms with van der Waals surface area (Å²) in [7, 11) is -1.79. The third-order valence-corrected chi connectivity index (χ3v) is 8.47. The molecule has 4 rings (SSSR count). The standard InChI is InChI=1S/C27H34N2O4S/c1-20-16-29(21(2)19-30)34(31,32)27-14-13-23(12-11-22-9-10-22)15-25(27)33-26(20)18-28(3)17-24-7-5-4-6-8-24/h4-8,13-15,20-22,26,30H,9-10,16-19H2,1-3H3/t20-,21-,26+/m0/s1. The number of fused-ring (bicyclic) bond motifs is 1. The number of sulfonamides is 1. The number of hydrogen-bond donors (Lipinski definition) is 1. The van der Waals surface area contributed by atoms with E-state index in [4.69, 9.17) is 4.74 Å². The number of benzene rings is 2. The van der Waals surface area contributed by atoms with Crippen molar-refractivity contribution in [1.29, 1.82) is 0 Å². The lowest BCUT2D eigenvalue weighted by molar-refractivity contribution is 0.0733. The topological polar surface area (TPSA) is 70.1 Å². The minimum Gasteiger partial charge on any atom is -0.487 e. The van der Waals surface area contributed by atoms with E-state index >= 15 is 0 Å². The molecule has 0 radical (unpaired) electrons. The lowest BCUT2D eigenvalue weighted by atomic mass is 10.0. The summed E-state index contributed by atoms with van der Waals surface area (Å²) >= 11 is 0. The Morgan fingerprint density at radius 2 is 1.94 bits per heavy atom. The smallest absolute Gasteiger partial charge is 0.247 e. The van der Waals surface area contributed by atoms with Crippen LogP contribution in [0.25, 0.3) is 0 Å². The van der Waals surface area contributed by atoms with Crippen molar-refractivity contribution in [3.05, 3.63) is 59.7 Å². The molecule has 1 aliphatic carbocycles. The third kappa shape index (κ3) is 5.81. The molecule has 0 bridgehead atoms. The molecule has 0 spiro atoms. The second-order valence-corrected chi connectivity index (χ2v) is 11.5. The first-order valence-electron chi connectivity index (χ1n) is 12.0. The van der Waals surface area contributed by atoms with Crippen molar-refractivity contribution in [1.82, 2.24) is 9.21 Å². The van der Waals surface area contributed by atoms with Crippen molar-refractivity contribution in [2.45, 2.75) is 50.3 Å². The van der Waals surface area contributed by atoms with Crippen LogP contribution in [-0.4, -0.2) is 61.6 Å². The van der Waals surface area contributed by atoms with Gasteiger partial charge in [-0.2, -0.15) is 4.31 Å². The van der Waals surface area contributed by atoms with E-state index in [1.54, 1.807) is 25.1 Å². The van der Waals surface area contributed by atoms with Crippen molar-refractivity contribution in [3.63, 3.8) is 0 Å². The highest BCUT2D eigenvalue weighted by molar-refractivity contribution is 7.89. The second-order valence-electron chi connectivity index (χ2n) is 9.63. The summed E-state index contributed by atoms with van der Waals surface area (Å²) in [5.74, 6) is 7.11. The Kier molecular flexibility index (Phi) is 7.63. The van der Waals surface area contributed by atoms with Crippen molar-refractivity contribution in [3.8, 4) is 17.6 Å². The molecule has 1 aliphatic heterocycles. The van der Waals surface area contributed by atoms with Crippen LogP contribution >= 0.6 is 0 Å². The molecule has 2 aliphatic rings. The van der Waals surface area contributed by atoms with Crippen LogP contribution < -0.4 is 4.74 Å². The van der Waals surface area contributed by atoms with Gasteiger partial charge in [-0.3, -0.25) is 4.90 Å². The summed E-state index contributed by atoms with van der Waals surface area (Å²) in [5.41, 5.74) is 1.96. The molecule has 0 amide bonds. The molecule has 34 heavy (non-hydrogen) atoms. The number of rotatable bonds is 6. The number of aliphatic hydroxyl groups excluding tert-OH is 1. The monoisotopic (exact) mass is 482 g/mol. The molecule has 7 heteroatoms. The number of likely N-dealkylation sites (N-methyl/N-ethyl adjacent to an activating group) is 1. The summed E-state index contributed by atoms with van der Waals surface area (Å²) in [4.78, 5) is 2.33. The van der Waals surface area contributed by atoms with Gasteiger partial charge in [-0.15, -0.1) is 0 Å². The number of nitrogens with zero attached hydrogens (tertiary/aromatic N) is 2. The van der Waals surface area contributed by atoms with Gasteiger partial charge in [0.25, 0.3) is 0 Å². The van der Waals surface area contributed by atoms with Crippen LogP contribution in [0.5, 0.6) is 5.75 Å². The van der Waals surface area contributed by atoms with Crippen molar-refractivity contribution in [2.75, 3.05) is 26.7 Å². The third-order valence-electron chi connectivity index (χ3n) is 6.45. The van der Waals surface area contributed by atoms with Gasteiger partial charge in [0.2, 0.25) is 10.0 Å². The van der Waals surface area contributed by atoms with Crippen LogP contribution in [0.1, 0.15) is 37.8 Å². The van der Waals surface area contributed by atoms with E-state index < -0.39 is 16.1 Å². The van der Waals surface area contributed by atoms with Crippen molar-refractivity contribution in [2.24, 2.45) is 11.8 Å². The molecule has 1 fully saturated rings. The molecule has 182 valence electrons. The fourth-order valence-corrected chi connectivity index (χ4v) is 6.03. The Morgan fingerprint density at radius 3 is 2.62 bits per heavy atom. The van der Waals surface area contributed by atoms with Gasteiger partial charge in [0.05, 0.1) is 6.61 Å². The van der Waals surface area contributed by atoms with Gasteiger partial charge in [-0.05, 0) is 50.6 Å². The lowest BCUT2D eigenvalue weighted by Gasteiger charge is -2.37. The second kappa shape index (κ2) is 10.5. The average molecular weight is 483 g/mol. The molecule has 0 aromatic heterocycles. The average Bonchev–Trinajstić information content (AvgIpc) is 3.64. The summed E-state index contributed by atoms with van der Waals surface area (Å²) in [6.07, 6.45) is 2.02. The molecule has 2 aromatic rings. The summed E-state index contributed by atoms with van der Waals surface area (Å²) in [6, 6.07) is 14.8. The van der Waals surface area contributed by atoms with E-state index in [1.807, 2.05) is 32.2 Å². The van der Waals surface area contributed by atoms with Crippen LogP contribution in [0.15, 0.2) is 53.4 Å². The predicted octanol–water partition coefficient (Wildman–Crippen LogP) is 3.35. The first kappa shape index (κ1) is 24.7. The number of hydrogen-bond acceptors (Lipinski definition) is 5. The van der Waals surface area contributed by atoms with Crippen LogP contribution in [0.3, 0.4) is 0 Å². The molecule has 1 N–H and O–H groups in total. The van der Waals surface area contributed by atoms with E-state index in [-0.39, 0.29) is 30.1 Å². The normalized spacial score (nSPS) is 23.1. The van der Waals surface area contributed by atoms with Crippen LogP contribution in [0.4, 0.5) is 0 Å². The first-order valence-corrected chi connectivity index (χ1v) is 13.4. The minimum atomic E-state index is -3.84. The van der Waals surface area contributed by atoms with Gasteiger partial charge >= 0.3 is 0 Å². The van der Waals surface area contributed by atoms with Gasteiger partial charge in [0.15, 0.2) is 0 Å². The molecule has 3 atom stereocenters. The van der Waals surface area contributed by atoms with Gasteiger partial charge < -0.3 is 9.84 Å².